The number of benzene rings is 2. The minimum absolute atomic E-state index is 0.0769. The zero-order chi connectivity index (χ0) is 15.4. The molecule has 0 unspecified atom stereocenters. The van der Waals surface area contributed by atoms with E-state index >= 15 is 0 Å². The van der Waals surface area contributed by atoms with E-state index in [9.17, 15) is 9.18 Å². The van der Waals surface area contributed by atoms with Crippen molar-refractivity contribution in [3.63, 3.8) is 0 Å². The first-order chi connectivity index (χ1) is 9.95. The fourth-order valence-corrected chi connectivity index (χ4v) is 1.88. The van der Waals surface area contributed by atoms with Crippen LogP contribution in [0.25, 0.3) is 0 Å². The predicted molar refractivity (Wildman–Crippen MR) is 81.4 cm³/mol. The zero-order valence-corrected chi connectivity index (χ0v) is 12.2. The van der Waals surface area contributed by atoms with Gasteiger partial charge >= 0.3 is 0 Å². The van der Waals surface area contributed by atoms with Gasteiger partial charge in [0.25, 0.3) is 5.91 Å². The largest absolute Gasteiger partial charge is 0.484 e. The average molecular weight is 329 g/mol. The molecule has 3 N–H and O–H groups in total. The van der Waals surface area contributed by atoms with E-state index in [2.05, 4.69) is 5.32 Å². The molecule has 0 aromatic heterocycles. The van der Waals surface area contributed by atoms with Crippen LogP contribution in [0, 0.1) is 5.82 Å². The third-order valence-corrected chi connectivity index (χ3v) is 3.08. The number of nitrogens with one attached hydrogen (secondary N) is 1. The van der Waals surface area contributed by atoms with Crippen LogP contribution in [0.15, 0.2) is 36.4 Å². The number of nitrogen functional groups attached to an aromatic ring is 1. The summed E-state index contributed by atoms with van der Waals surface area (Å²) in [6.07, 6.45) is 0. The van der Waals surface area contributed by atoms with Gasteiger partial charge in [0, 0.05) is 11.1 Å². The normalized spacial score (nSPS) is 10.2. The van der Waals surface area contributed by atoms with Crippen molar-refractivity contribution in [2.24, 2.45) is 0 Å². The van der Waals surface area contributed by atoms with Crippen LogP contribution in [0.4, 0.5) is 15.8 Å². The summed E-state index contributed by atoms with van der Waals surface area (Å²) in [6, 6.07) is 8.55. The smallest absolute Gasteiger partial charge is 0.262 e. The maximum atomic E-state index is 13.0. The van der Waals surface area contributed by atoms with Crippen molar-refractivity contribution < 1.29 is 13.9 Å². The molecule has 0 saturated heterocycles. The highest BCUT2D eigenvalue weighted by atomic mass is 35.5. The minimum Gasteiger partial charge on any atom is -0.484 e. The third kappa shape index (κ3) is 4.24. The lowest BCUT2D eigenvalue weighted by atomic mass is 10.2. The molecule has 7 heteroatoms. The maximum absolute atomic E-state index is 13.0. The summed E-state index contributed by atoms with van der Waals surface area (Å²) < 4.78 is 18.2. The summed E-state index contributed by atoms with van der Waals surface area (Å²) in [5.41, 5.74) is 6.49. The van der Waals surface area contributed by atoms with Crippen molar-refractivity contribution in [2.75, 3.05) is 17.7 Å². The SMILES string of the molecule is Nc1ccc(Cl)cc1NC(=O)COc1ccc(F)c(Cl)c1. The van der Waals surface area contributed by atoms with Crippen LogP contribution in [0.3, 0.4) is 0 Å². The second-order valence-electron chi connectivity index (χ2n) is 4.14. The summed E-state index contributed by atoms with van der Waals surface area (Å²) in [5.74, 6) is -0.694. The molecule has 110 valence electrons. The van der Waals surface area contributed by atoms with E-state index in [1.54, 1.807) is 12.1 Å². The van der Waals surface area contributed by atoms with E-state index in [1.165, 1.54) is 18.2 Å². The first-order valence-electron chi connectivity index (χ1n) is 5.88. The Morgan fingerprint density at radius 1 is 1.24 bits per heavy atom. The van der Waals surface area contributed by atoms with Crippen LogP contribution in [0.5, 0.6) is 5.75 Å². The Labute approximate surface area is 130 Å². The van der Waals surface area contributed by atoms with E-state index in [1.807, 2.05) is 0 Å². The van der Waals surface area contributed by atoms with Crippen LogP contribution in [-0.4, -0.2) is 12.5 Å². The van der Waals surface area contributed by atoms with Gasteiger partial charge in [0.1, 0.15) is 11.6 Å². The highest BCUT2D eigenvalue weighted by Crippen LogP contribution is 2.23. The monoisotopic (exact) mass is 328 g/mol. The lowest BCUT2D eigenvalue weighted by Gasteiger charge is -2.10. The first-order valence-corrected chi connectivity index (χ1v) is 6.64. The summed E-state index contributed by atoms with van der Waals surface area (Å²) in [4.78, 5) is 11.8. The zero-order valence-electron chi connectivity index (χ0n) is 10.7. The van der Waals surface area contributed by atoms with Gasteiger partial charge < -0.3 is 15.8 Å². The molecular weight excluding hydrogens is 318 g/mol. The molecule has 2 aromatic carbocycles. The molecule has 0 aliphatic carbocycles. The van der Waals surface area contributed by atoms with Gasteiger partial charge in [0.2, 0.25) is 0 Å². The second-order valence-corrected chi connectivity index (χ2v) is 4.99. The van der Waals surface area contributed by atoms with E-state index < -0.39 is 11.7 Å². The van der Waals surface area contributed by atoms with E-state index in [-0.39, 0.29) is 17.4 Å². The van der Waals surface area contributed by atoms with Crippen molar-refractivity contribution in [3.05, 3.63) is 52.3 Å². The minimum atomic E-state index is -0.555. The molecule has 1 amide bonds. The number of carbonyl (C=O) groups excluding carboxylic acids is 1. The number of rotatable bonds is 4. The van der Waals surface area contributed by atoms with Crippen LogP contribution >= 0.6 is 23.2 Å². The van der Waals surface area contributed by atoms with Crippen molar-refractivity contribution in [1.82, 2.24) is 0 Å². The Morgan fingerprint density at radius 2 is 2.00 bits per heavy atom. The topological polar surface area (TPSA) is 64.3 Å². The highest BCUT2D eigenvalue weighted by Gasteiger charge is 2.08. The highest BCUT2D eigenvalue weighted by molar-refractivity contribution is 6.31. The summed E-state index contributed by atoms with van der Waals surface area (Å²) >= 11 is 11.4. The number of ether oxygens (including phenoxy) is 1. The van der Waals surface area contributed by atoms with Crippen molar-refractivity contribution >= 4 is 40.5 Å². The van der Waals surface area contributed by atoms with E-state index in [0.717, 1.165) is 6.07 Å². The van der Waals surface area contributed by atoms with Crippen LogP contribution in [-0.2, 0) is 4.79 Å². The number of halogens is 3. The number of nitrogens with two attached hydrogens (primary N) is 1. The van der Waals surface area contributed by atoms with Crippen LogP contribution in [0.2, 0.25) is 10.0 Å². The molecule has 2 aromatic rings. The Bertz CT molecular complexity index is 680. The van der Waals surface area contributed by atoms with Gasteiger partial charge in [-0.3, -0.25) is 4.79 Å². The Hall–Kier alpha value is -1.98. The average Bonchev–Trinajstić information content (AvgIpc) is 2.44. The molecule has 0 spiro atoms. The third-order valence-electron chi connectivity index (χ3n) is 2.55. The summed E-state index contributed by atoms with van der Waals surface area (Å²) in [5, 5.41) is 2.94. The van der Waals surface area contributed by atoms with Gasteiger partial charge in [-0.25, -0.2) is 4.39 Å². The van der Waals surface area contributed by atoms with Crippen molar-refractivity contribution in [1.29, 1.82) is 0 Å². The number of hydrogen-bond donors (Lipinski definition) is 2. The van der Waals surface area contributed by atoms with Gasteiger partial charge in [-0.15, -0.1) is 0 Å². The molecule has 0 heterocycles. The second kappa shape index (κ2) is 6.65. The van der Waals surface area contributed by atoms with Gasteiger partial charge in [0.15, 0.2) is 6.61 Å². The lowest BCUT2D eigenvalue weighted by molar-refractivity contribution is -0.118. The Kier molecular flexibility index (Phi) is 4.88. The molecular formula is C14H11Cl2FN2O2. The number of hydrogen-bond acceptors (Lipinski definition) is 3. The van der Waals surface area contributed by atoms with Gasteiger partial charge in [0.05, 0.1) is 16.4 Å². The molecule has 0 aliphatic heterocycles. The fraction of sp³-hybridized carbons (Fsp3) is 0.0714. The summed E-state index contributed by atoms with van der Waals surface area (Å²) in [7, 11) is 0. The lowest BCUT2D eigenvalue weighted by Crippen LogP contribution is -2.20. The number of amides is 1. The standard InChI is InChI=1S/C14H11Cl2FN2O2/c15-8-1-4-12(18)13(5-8)19-14(20)7-21-9-2-3-11(17)10(16)6-9/h1-6H,7,18H2,(H,19,20). The van der Waals surface area contributed by atoms with Gasteiger partial charge in [-0.05, 0) is 30.3 Å². The molecule has 0 saturated carbocycles. The molecule has 21 heavy (non-hydrogen) atoms. The Balaban J connectivity index is 1.95. The van der Waals surface area contributed by atoms with Crippen LogP contribution in [0.1, 0.15) is 0 Å². The summed E-state index contributed by atoms with van der Waals surface area (Å²) in [6.45, 7) is -0.270. The van der Waals surface area contributed by atoms with Crippen LogP contribution < -0.4 is 15.8 Å². The Morgan fingerprint density at radius 3 is 2.71 bits per heavy atom. The van der Waals surface area contributed by atoms with Gasteiger partial charge in [-0.2, -0.15) is 0 Å². The first kappa shape index (κ1) is 15.4. The molecule has 4 nitrogen and oxygen atoms in total. The quantitative estimate of drug-likeness (QED) is 0.840. The van der Waals surface area contributed by atoms with Crippen molar-refractivity contribution in [2.45, 2.75) is 0 Å². The molecule has 0 bridgehead atoms. The van der Waals surface area contributed by atoms with E-state index in [0.29, 0.717) is 16.4 Å². The fourth-order valence-electron chi connectivity index (χ4n) is 1.54. The molecule has 0 radical (unpaired) electrons. The van der Waals surface area contributed by atoms with Crippen molar-refractivity contribution in [3.8, 4) is 5.75 Å². The maximum Gasteiger partial charge on any atom is 0.262 e. The van der Waals surface area contributed by atoms with Gasteiger partial charge in [-0.1, -0.05) is 23.2 Å². The molecule has 0 atom stereocenters. The molecule has 0 aliphatic rings. The molecule has 2 rings (SSSR count). The van der Waals surface area contributed by atoms with E-state index in [4.69, 9.17) is 33.7 Å². The predicted octanol–water partition coefficient (Wildman–Crippen LogP) is 3.73. The molecule has 0 fully saturated rings. The number of carbonyl (C=O) groups is 1. The number of anilines is 2.